The summed E-state index contributed by atoms with van der Waals surface area (Å²) in [6.07, 6.45) is 1.05. The zero-order chi connectivity index (χ0) is 14.0. The van der Waals surface area contributed by atoms with Gasteiger partial charge in [-0.25, -0.2) is 0 Å². The van der Waals surface area contributed by atoms with Gasteiger partial charge in [-0.15, -0.1) is 0 Å². The topological polar surface area (TPSA) is 32.5 Å². The molecule has 0 radical (unpaired) electrons. The molecule has 106 valence electrons. The number of rotatable bonds is 4. The van der Waals surface area contributed by atoms with Crippen LogP contribution in [0, 0.1) is 5.41 Å². The third-order valence-corrected chi connectivity index (χ3v) is 4.59. The van der Waals surface area contributed by atoms with Crippen LogP contribution in [-0.4, -0.2) is 53.1 Å². The molecule has 1 saturated heterocycles. The van der Waals surface area contributed by atoms with Crippen molar-refractivity contribution in [2.24, 2.45) is 11.1 Å². The highest BCUT2D eigenvalue weighted by Gasteiger charge is 2.27. The summed E-state index contributed by atoms with van der Waals surface area (Å²) in [6, 6.07) is 0. The van der Waals surface area contributed by atoms with Crippen LogP contribution in [-0.2, 0) is 0 Å². The Balaban J connectivity index is 2.35. The van der Waals surface area contributed by atoms with Crippen LogP contribution in [0.5, 0.6) is 0 Å². The smallest absolute Gasteiger partial charge is 0.0784 e. The van der Waals surface area contributed by atoms with Crippen LogP contribution in [0.3, 0.4) is 0 Å². The first-order valence-corrected chi connectivity index (χ1v) is 7.31. The number of piperazine rings is 1. The van der Waals surface area contributed by atoms with E-state index in [1.54, 1.807) is 0 Å². The summed E-state index contributed by atoms with van der Waals surface area (Å²) in [5.41, 5.74) is 6.05. The average molecular weight is 271 g/mol. The minimum Gasteiger partial charge on any atom is -0.393 e. The van der Waals surface area contributed by atoms with E-state index in [2.05, 4.69) is 44.4 Å². The second kappa shape index (κ2) is 5.85. The molecule has 2 N–H and O–H groups in total. The molecule has 18 heavy (non-hydrogen) atoms. The second-order valence-electron chi connectivity index (χ2n) is 7.00. The maximum Gasteiger partial charge on any atom is 0.0784 e. The number of hydrogen-bond donors (Lipinski definition) is 1. The third-order valence-electron chi connectivity index (χ3n) is 4.04. The molecule has 1 heterocycles. The van der Waals surface area contributed by atoms with Crippen LogP contribution < -0.4 is 5.73 Å². The van der Waals surface area contributed by atoms with Crippen molar-refractivity contribution in [3.05, 3.63) is 0 Å². The SMILES string of the molecule is CC(C)(CCN1CCN(C(C)(C)C)CC1)C(N)=S. The zero-order valence-corrected chi connectivity index (χ0v) is 13.4. The Bertz CT molecular complexity index is 286. The lowest BCUT2D eigenvalue weighted by Crippen LogP contribution is -2.53. The van der Waals surface area contributed by atoms with Crippen molar-refractivity contribution in [3.8, 4) is 0 Å². The Morgan fingerprint density at radius 1 is 1.06 bits per heavy atom. The summed E-state index contributed by atoms with van der Waals surface area (Å²) in [6.45, 7) is 16.9. The van der Waals surface area contributed by atoms with Crippen molar-refractivity contribution in [1.29, 1.82) is 0 Å². The van der Waals surface area contributed by atoms with Gasteiger partial charge in [0.2, 0.25) is 0 Å². The molecule has 0 aromatic carbocycles. The van der Waals surface area contributed by atoms with Gasteiger partial charge in [0.15, 0.2) is 0 Å². The Morgan fingerprint density at radius 3 is 1.94 bits per heavy atom. The molecule has 1 fully saturated rings. The van der Waals surface area contributed by atoms with Gasteiger partial charge in [-0.05, 0) is 33.7 Å². The minimum absolute atomic E-state index is 0.0174. The molecular formula is C14H29N3S. The van der Waals surface area contributed by atoms with Crippen LogP contribution in [0.15, 0.2) is 0 Å². The van der Waals surface area contributed by atoms with Gasteiger partial charge in [-0.1, -0.05) is 26.1 Å². The van der Waals surface area contributed by atoms with Crippen LogP contribution in [0.1, 0.15) is 41.0 Å². The fourth-order valence-corrected chi connectivity index (χ4v) is 2.31. The van der Waals surface area contributed by atoms with Gasteiger partial charge in [0, 0.05) is 37.1 Å². The molecule has 0 amide bonds. The zero-order valence-electron chi connectivity index (χ0n) is 12.6. The molecule has 0 bridgehead atoms. The molecule has 0 aliphatic carbocycles. The highest BCUT2D eigenvalue weighted by Crippen LogP contribution is 2.22. The fraction of sp³-hybridized carbons (Fsp3) is 0.929. The lowest BCUT2D eigenvalue weighted by molar-refractivity contribution is 0.0593. The van der Waals surface area contributed by atoms with Crippen molar-refractivity contribution < 1.29 is 0 Å². The first-order valence-electron chi connectivity index (χ1n) is 6.90. The predicted octanol–water partition coefficient (Wildman–Crippen LogP) is 2.10. The van der Waals surface area contributed by atoms with Crippen LogP contribution >= 0.6 is 12.2 Å². The van der Waals surface area contributed by atoms with E-state index in [0.717, 1.165) is 39.1 Å². The molecule has 1 aliphatic heterocycles. The molecule has 1 aliphatic rings. The van der Waals surface area contributed by atoms with E-state index in [-0.39, 0.29) is 5.41 Å². The van der Waals surface area contributed by atoms with Crippen molar-refractivity contribution in [1.82, 2.24) is 9.80 Å². The summed E-state index contributed by atoms with van der Waals surface area (Å²) in [5.74, 6) is 0. The van der Waals surface area contributed by atoms with Gasteiger partial charge in [0.25, 0.3) is 0 Å². The highest BCUT2D eigenvalue weighted by atomic mass is 32.1. The first kappa shape index (κ1) is 15.9. The Labute approximate surface area is 118 Å². The maximum absolute atomic E-state index is 5.77. The summed E-state index contributed by atoms with van der Waals surface area (Å²) in [4.78, 5) is 5.72. The van der Waals surface area contributed by atoms with E-state index >= 15 is 0 Å². The third kappa shape index (κ3) is 4.48. The van der Waals surface area contributed by atoms with Gasteiger partial charge in [0.05, 0.1) is 4.99 Å². The Kier molecular flexibility index (Phi) is 5.15. The van der Waals surface area contributed by atoms with Crippen molar-refractivity contribution >= 4 is 17.2 Å². The second-order valence-corrected chi connectivity index (χ2v) is 7.44. The Hall–Kier alpha value is -0.190. The van der Waals surface area contributed by atoms with Crippen LogP contribution in [0.25, 0.3) is 0 Å². The molecule has 3 nitrogen and oxygen atoms in total. The molecule has 0 aromatic heterocycles. The van der Waals surface area contributed by atoms with E-state index < -0.39 is 0 Å². The molecule has 1 rings (SSSR count). The van der Waals surface area contributed by atoms with Crippen LogP contribution in [0.4, 0.5) is 0 Å². The van der Waals surface area contributed by atoms with Gasteiger partial charge < -0.3 is 10.6 Å². The van der Waals surface area contributed by atoms with E-state index in [4.69, 9.17) is 18.0 Å². The molecule has 0 unspecified atom stereocenters. The maximum atomic E-state index is 5.77. The largest absolute Gasteiger partial charge is 0.393 e. The van der Waals surface area contributed by atoms with Crippen molar-refractivity contribution in [3.63, 3.8) is 0 Å². The van der Waals surface area contributed by atoms with Gasteiger partial charge in [-0.3, -0.25) is 4.90 Å². The number of nitrogens with two attached hydrogens (primary N) is 1. The minimum atomic E-state index is -0.0174. The predicted molar refractivity (Wildman–Crippen MR) is 82.9 cm³/mol. The van der Waals surface area contributed by atoms with E-state index in [9.17, 15) is 0 Å². The number of nitrogens with zero attached hydrogens (tertiary/aromatic N) is 2. The van der Waals surface area contributed by atoms with Crippen molar-refractivity contribution in [2.75, 3.05) is 32.7 Å². The number of thiocarbonyl (C=S) groups is 1. The van der Waals surface area contributed by atoms with E-state index in [1.165, 1.54) is 0 Å². The quantitative estimate of drug-likeness (QED) is 0.794. The number of hydrogen-bond acceptors (Lipinski definition) is 3. The molecule has 4 heteroatoms. The lowest BCUT2D eigenvalue weighted by Gasteiger charge is -2.42. The van der Waals surface area contributed by atoms with E-state index in [1.807, 2.05) is 0 Å². The van der Waals surface area contributed by atoms with E-state index in [0.29, 0.717) is 10.5 Å². The standard InChI is InChI=1S/C14H29N3S/c1-13(2,3)17-10-8-16(9-11-17)7-6-14(4,5)12(15)18/h6-11H2,1-5H3,(H2,15,18). The van der Waals surface area contributed by atoms with Gasteiger partial charge in [-0.2, -0.15) is 0 Å². The lowest BCUT2D eigenvalue weighted by atomic mass is 9.89. The summed E-state index contributed by atoms with van der Waals surface area (Å²) < 4.78 is 0. The molecule has 0 atom stereocenters. The fourth-order valence-electron chi connectivity index (χ4n) is 2.20. The summed E-state index contributed by atoms with van der Waals surface area (Å²) in [7, 11) is 0. The Morgan fingerprint density at radius 2 is 1.56 bits per heavy atom. The average Bonchev–Trinajstić information content (AvgIpc) is 2.25. The van der Waals surface area contributed by atoms with Gasteiger partial charge >= 0.3 is 0 Å². The molecule has 0 spiro atoms. The normalized spacial score (nSPS) is 20.1. The van der Waals surface area contributed by atoms with Crippen molar-refractivity contribution in [2.45, 2.75) is 46.6 Å². The monoisotopic (exact) mass is 271 g/mol. The summed E-state index contributed by atoms with van der Waals surface area (Å²) >= 11 is 5.12. The van der Waals surface area contributed by atoms with Gasteiger partial charge in [0.1, 0.15) is 0 Å². The highest BCUT2D eigenvalue weighted by molar-refractivity contribution is 7.80. The molecule has 0 saturated carbocycles. The summed E-state index contributed by atoms with van der Waals surface area (Å²) in [5, 5.41) is 0. The first-order chi connectivity index (χ1) is 8.13. The van der Waals surface area contributed by atoms with Crippen LogP contribution in [0.2, 0.25) is 0 Å². The molecule has 0 aromatic rings. The molecular weight excluding hydrogens is 242 g/mol.